The van der Waals surface area contributed by atoms with Crippen LogP contribution in [0, 0.1) is 0 Å². The van der Waals surface area contributed by atoms with Crippen molar-refractivity contribution in [1.29, 1.82) is 0 Å². The topological polar surface area (TPSA) is 18.5 Å². The van der Waals surface area contributed by atoms with Crippen LogP contribution in [-0.2, 0) is 0 Å². The molecule has 0 radical (unpaired) electrons. The fourth-order valence-electron chi connectivity index (χ4n) is 5.47. The highest BCUT2D eigenvalue weighted by molar-refractivity contribution is 6.23. The normalized spacial score (nSPS) is 11.8. The summed E-state index contributed by atoms with van der Waals surface area (Å²) < 4.78 is 10.8. The lowest BCUT2D eigenvalue weighted by Crippen LogP contribution is -1.86. The number of benzene rings is 7. The Kier molecular flexibility index (Phi) is 4.01. The fraction of sp³-hybridized carbons (Fsp3) is 0.0625. The van der Waals surface area contributed by atoms with E-state index in [0.29, 0.717) is 0 Å². The van der Waals surface area contributed by atoms with Crippen molar-refractivity contribution in [3.05, 3.63) is 97.1 Å². The van der Waals surface area contributed by atoms with Crippen molar-refractivity contribution in [3.8, 4) is 11.5 Å². The lowest BCUT2D eigenvalue weighted by Gasteiger charge is -2.12. The summed E-state index contributed by atoms with van der Waals surface area (Å²) in [6, 6.07) is 35.2. The Labute approximate surface area is 196 Å². The molecule has 0 unspecified atom stereocenters. The van der Waals surface area contributed by atoms with Gasteiger partial charge in [0.2, 0.25) is 0 Å². The molecule has 162 valence electrons. The molecule has 2 nitrogen and oxygen atoms in total. The first-order valence-corrected chi connectivity index (χ1v) is 11.5. The lowest BCUT2D eigenvalue weighted by atomic mass is 9.92. The van der Waals surface area contributed by atoms with Gasteiger partial charge in [-0.1, -0.05) is 60.7 Å². The summed E-state index contributed by atoms with van der Waals surface area (Å²) in [6.45, 7) is 0. The molecule has 7 aromatic carbocycles. The van der Waals surface area contributed by atoms with Gasteiger partial charge in [-0.15, -0.1) is 0 Å². The Balaban J connectivity index is 1.52. The minimum atomic E-state index is 0.886. The zero-order valence-corrected chi connectivity index (χ0v) is 19.1. The molecular formula is C32H22O2. The number of ether oxygens (including phenoxy) is 2. The molecule has 0 aliphatic rings. The maximum atomic E-state index is 5.42. The van der Waals surface area contributed by atoms with Crippen LogP contribution in [0.1, 0.15) is 0 Å². The van der Waals surface area contributed by atoms with Gasteiger partial charge in [0.25, 0.3) is 0 Å². The molecule has 0 heterocycles. The smallest absolute Gasteiger partial charge is 0.119 e. The third kappa shape index (κ3) is 2.69. The summed E-state index contributed by atoms with van der Waals surface area (Å²) >= 11 is 0. The van der Waals surface area contributed by atoms with Crippen LogP contribution in [0.4, 0.5) is 0 Å². The molecule has 0 fully saturated rings. The maximum Gasteiger partial charge on any atom is 0.119 e. The zero-order valence-electron chi connectivity index (χ0n) is 19.1. The molecule has 0 aromatic heterocycles. The van der Waals surface area contributed by atoms with Gasteiger partial charge in [-0.05, 0) is 101 Å². The second kappa shape index (κ2) is 7.10. The molecule has 0 saturated heterocycles. The number of hydrogen-bond acceptors (Lipinski definition) is 2. The Bertz CT molecular complexity index is 1790. The van der Waals surface area contributed by atoms with Gasteiger partial charge < -0.3 is 9.47 Å². The van der Waals surface area contributed by atoms with Crippen molar-refractivity contribution < 1.29 is 9.47 Å². The third-order valence-corrected chi connectivity index (χ3v) is 7.20. The van der Waals surface area contributed by atoms with E-state index in [-0.39, 0.29) is 0 Å². The summed E-state index contributed by atoms with van der Waals surface area (Å²) in [5.41, 5.74) is 0. The Morgan fingerprint density at radius 1 is 0.324 bits per heavy atom. The van der Waals surface area contributed by atoms with Crippen LogP contribution in [0.2, 0.25) is 0 Å². The summed E-state index contributed by atoms with van der Waals surface area (Å²) in [7, 11) is 3.42. The van der Waals surface area contributed by atoms with Crippen LogP contribution < -0.4 is 9.47 Å². The van der Waals surface area contributed by atoms with Gasteiger partial charge in [0.15, 0.2) is 0 Å². The minimum Gasteiger partial charge on any atom is -0.497 e. The Morgan fingerprint density at radius 3 is 1.03 bits per heavy atom. The van der Waals surface area contributed by atoms with Crippen LogP contribution in [-0.4, -0.2) is 14.2 Å². The van der Waals surface area contributed by atoms with Crippen LogP contribution in [0.25, 0.3) is 64.6 Å². The molecule has 0 spiro atoms. The average molecular weight is 439 g/mol. The number of methoxy groups -OCH3 is 2. The zero-order chi connectivity index (χ0) is 22.8. The van der Waals surface area contributed by atoms with Gasteiger partial charge in [0, 0.05) is 0 Å². The minimum absolute atomic E-state index is 0.886. The molecule has 7 aromatic rings. The first-order valence-electron chi connectivity index (χ1n) is 11.5. The van der Waals surface area contributed by atoms with E-state index in [1.54, 1.807) is 14.2 Å². The van der Waals surface area contributed by atoms with Crippen LogP contribution >= 0.6 is 0 Å². The molecule has 0 saturated carbocycles. The van der Waals surface area contributed by atoms with Gasteiger partial charge >= 0.3 is 0 Å². The van der Waals surface area contributed by atoms with Crippen molar-refractivity contribution in [1.82, 2.24) is 0 Å². The molecule has 0 amide bonds. The van der Waals surface area contributed by atoms with Gasteiger partial charge in [-0.2, -0.15) is 0 Å². The quantitative estimate of drug-likeness (QED) is 0.199. The van der Waals surface area contributed by atoms with Crippen molar-refractivity contribution in [3.63, 3.8) is 0 Å². The van der Waals surface area contributed by atoms with Crippen LogP contribution in [0.3, 0.4) is 0 Å². The van der Waals surface area contributed by atoms with Crippen LogP contribution in [0.5, 0.6) is 11.5 Å². The van der Waals surface area contributed by atoms with Crippen molar-refractivity contribution in [2.75, 3.05) is 14.2 Å². The van der Waals surface area contributed by atoms with E-state index in [1.807, 2.05) is 12.1 Å². The van der Waals surface area contributed by atoms with Crippen molar-refractivity contribution >= 4 is 64.6 Å². The monoisotopic (exact) mass is 438 g/mol. The molecule has 0 N–H and O–H groups in total. The van der Waals surface area contributed by atoms with E-state index < -0.39 is 0 Å². The highest BCUT2D eigenvalue weighted by atomic mass is 16.5. The van der Waals surface area contributed by atoms with Crippen molar-refractivity contribution in [2.45, 2.75) is 0 Å². The predicted molar refractivity (Wildman–Crippen MR) is 145 cm³/mol. The van der Waals surface area contributed by atoms with E-state index in [4.69, 9.17) is 9.47 Å². The fourth-order valence-corrected chi connectivity index (χ4v) is 5.47. The average Bonchev–Trinajstić information content (AvgIpc) is 2.90. The van der Waals surface area contributed by atoms with E-state index in [1.165, 1.54) is 64.6 Å². The Hall–Kier alpha value is -4.30. The highest BCUT2D eigenvalue weighted by Gasteiger charge is 2.10. The summed E-state index contributed by atoms with van der Waals surface area (Å²) in [5, 5.41) is 15.1. The molecule has 7 rings (SSSR count). The number of fused-ring (bicyclic) bond motifs is 10. The number of rotatable bonds is 2. The van der Waals surface area contributed by atoms with E-state index in [2.05, 4.69) is 84.9 Å². The second-order valence-corrected chi connectivity index (χ2v) is 8.92. The predicted octanol–water partition coefficient (Wildman–Crippen LogP) is 8.62. The second-order valence-electron chi connectivity index (χ2n) is 8.92. The first kappa shape index (κ1) is 19.2. The van der Waals surface area contributed by atoms with Gasteiger partial charge in [-0.25, -0.2) is 0 Å². The Morgan fingerprint density at radius 2 is 0.647 bits per heavy atom. The van der Waals surface area contributed by atoms with Crippen LogP contribution in [0.15, 0.2) is 97.1 Å². The van der Waals surface area contributed by atoms with Gasteiger partial charge in [-0.3, -0.25) is 0 Å². The maximum absolute atomic E-state index is 5.42. The summed E-state index contributed by atoms with van der Waals surface area (Å²) in [6.07, 6.45) is 0. The summed E-state index contributed by atoms with van der Waals surface area (Å²) in [4.78, 5) is 0. The first-order chi connectivity index (χ1) is 16.7. The summed E-state index contributed by atoms with van der Waals surface area (Å²) in [5.74, 6) is 1.77. The molecule has 0 aliphatic carbocycles. The van der Waals surface area contributed by atoms with Gasteiger partial charge in [0.1, 0.15) is 11.5 Å². The molecule has 0 atom stereocenters. The molecule has 34 heavy (non-hydrogen) atoms. The third-order valence-electron chi connectivity index (χ3n) is 7.20. The molecule has 0 bridgehead atoms. The lowest BCUT2D eigenvalue weighted by molar-refractivity contribution is 0.415. The molecule has 0 aliphatic heterocycles. The highest BCUT2D eigenvalue weighted by Crippen LogP contribution is 2.38. The molecule has 2 heteroatoms. The van der Waals surface area contributed by atoms with Crippen molar-refractivity contribution in [2.24, 2.45) is 0 Å². The van der Waals surface area contributed by atoms with Gasteiger partial charge in [0.05, 0.1) is 14.2 Å². The molecular weight excluding hydrogens is 416 g/mol. The standard InChI is InChI=1S/C32H22O2/c1-33-23-7-13-25-19(15-23)3-11-29-27(25)9-5-21-18-32-22(17-31(21)29)6-10-28-26-14-8-24(34-2)16-20(26)4-12-30(28)32/h3-18H,1-2H3. The van der Waals surface area contributed by atoms with E-state index in [0.717, 1.165) is 11.5 Å². The van der Waals surface area contributed by atoms with E-state index in [9.17, 15) is 0 Å². The van der Waals surface area contributed by atoms with E-state index >= 15 is 0 Å². The SMILES string of the molecule is COc1ccc2c(ccc3c4cc5ccc6c7ccc(OC)cc7ccc6c5cc4ccc23)c1. The number of hydrogen-bond donors (Lipinski definition) is 0. The largest absolute Gasteiger partial charge is 0.497 e.